The number of carbonyl (C=O) groups is 2. The molecular formula is C18H34O6. The van der Waals surface area contributed by atoms with Crippen molar-refractivity contribution in [2.45, 2.75) is 103 Å². The molecule has 24 heavy (non-hydrogen) atoms. The summed E-state index contributed by atoms with van der Waals surface area (Å²) in [5, 5.41) is 28.6. The fourth-order valence-electron chi connectivity index (χ4n) is 2.67. The Kier molecular flexibility index (Phi) is 12.6. The number of hydrogen-bond donors (Lipinski definition) is 3. The van der Waals surface area contributed by atoms with Crippen LogP contribution in [-0.2, 0) is 14.3 Å². The van der Waals surface area contributed by atoms with Crippen LogP contribution in [0.4, 0.5) is 0 Å². The van der Waals surface area contributed by atoms with Gasteiger partial charge in [-0.3, -0.25) is 4.79 Å². The quantitative estimate of drug-likeness (QED) is 0.238. The number of aliphatic hydroxyl groups is 2. The van der Waals surface area contributed by atoms with Crippen molar-refractivity contribution < 1.29 is 29.6 Å². The number of ether oxygens (including phenoxy) is 1. The van der Waals surface area contributed by atoms with E-state index in [1.54, 1.807) is 0 Å². The van der Waals surface area contributed by atoms with E-state index >= 15 is 0 Å². The maximum atomic E-state index is 11.0. The third-order valence-corrected chi connectivity index (χ3v) is 4.14. The molecule has 0 saturated carbocycles. The molecule has 0 saturated heterocycles. The molecule has 0 bridgehead atoms. The lowest BCUT2D eigenvalue weighted by Crippen LogP contribution is -2.52. The van der Waals surface area contributed by atoms with E-state index in [1.807, 2.05) is 0 Å². The summed E-state index contributed by atoms with van der Waals surface area (Å²) in [5.74, 6) is -5.56. The molecule has 6 nitrogen and oxygen atoms in total. The van der Waals surface area contributed by atoms with Crippen LogP contribution in [0.1, 0.15) is 90.9 Å². The standard InChI is InChI=1S/C18H34O6/c1-3-4-5-6-7-8-9-10-11-12-13-14-16(20)18(23,17(21)22)24-15(2)19/h16,20,23H,3-14H2,1-2H3,(H,21,22). The molecule has 0 aromatic carbocycles. The lowest BCUT2D eigenvalue weighted by molar-refractivity contribution is -0.251. The molecule has 2 atom stereocenters. The first-order valence-corrected chi connectivity index (χ1v) is 9.18. The highest BCUT2D eigenvalue weighted by molar-refractivity contribution is 5.80. The number of carboxylic acid groups (broad SMARTS) is 1. The zero-order valence-electron chi connectivity index (χ0n) is 15.1. The Bertz CT molecular complexity index is 357. The average molecular weight is 346 g/mol. The van der Waals surface area contributed by atoms with Gasteiger partial charge in [0.15, 0.2) is 0 Å². The predicted octanol–water partition coefficient (Wildman–Crippen LogP) is 3.38. The Hall–Kier alpha value is -1.14. The molecular weight excluding hydrogens is 312 g/mol. The lowest BCUT2D eigenvalue weighted by atomic mass is 10.0. The van der Waals surface area contributed by atoms with E-state index in [4.69, 9.17) is 5.11 Å². The highest BCUT2D eigenvalue weighted by Crippen LogP contribution is 2.20. The monoisotopic (exact) mass is 346 g/mol. The Morgan fingerprint density at radius 1 is 0.917 bits per heavy atom. The van der Waals surface area contributed by atoms with Gasteiger partial charge in [-0.25, -0.2) is 4.79 Å². The van der Waals surface area contributed by atoms with Gasteiger partial charge in [-0.1, -0.05) is 77.6 Å². The highest BCUT2D eigenvalue weighted by Gasteiger charge is 2.47. The number of carbonyl (C=O) groups excluding carboxylic acids is 1. The number of unbranched alkanes of at least 4 members (excludes halogenated alkanes) is 10. The first-order valence-electron chi connectivity index (χ1n) is 9.18. The van der Waals surface area contributed by atoms with Crippen LogP contribution in [0.2, 0.25) is 0 Å². The van der Waals surface area contributed by atoms with Crippen LogP contribution in [0, 0.1) is 0 Å². The molecule has 0 aliphatic heterocycles. The number of aliphatic carboxylic acids is 1. The summed E-state index contributed by atoms with van der Waals surface area (Å²) in [6.07, 6.45) is 11.0. The highest BCUT2D eigenvalue weighted by atomic mass is 16.7. The molecule has 2 unspecified atom stereocenters. The summed E-state index contributed by atoms with van der Waals surface area (Å²) in [7, 11) is 0. The van der Waals surface area contributed by atoms with E-state index in [0.717, 1.165) is 26.2 Å². The van der Waals surface area contributed by atoms with Crippen molar-refractivity contribution in [2.24, 2.45) is 0 Å². The van der Waals surface area contributed by atoms with Crippen LogP contribution in [-0.4, -0.2) is 39.1 Å². The van der Waals surface area contributed by atoms with Crippen LogP contribution < -0.4 is 0 Å². The third kappa shape index (κ3) is 9.88. The van der Waals surface area contributed by atoms with Crippen molar-refractivity contribution in [3.05, 3.63) is 0 Å². The smallest absolute Gasteiger partial charge is 0.380 e. The minimum atomic E-state index is -2.86. The van der Waals surface area contributed by atoms with Gasteiger partial charge in [-0.2, -0.15) is 0 Å². The number of carboxylic acids is 1. The molecule has 0 aliphatic carbocycles. The molecule has 142 valence electrons. The van der Waals surface area contributed by atoms with Gasteiger partial charge in [0.1, 0.15) is 6.10 Å². The van der Waals surface area contributed by atoms with Gasteiger partial charge in [0, 0.05) is 6.92 Å². The van der Waals surface area contributed by atoms with Gasteiger partial charge in [-0.15, -0.1) is 0 Å². The molecule has 0 aromatic rings. The van der Waals surface area contributed by atoms with Crippen molar-refractivity contribution in [3.8, 4) is 0 Å². The van der Waals surface area contributed by atoms with E-state index in [0.29, 0.717) is 6.42 Å². The predicted molar refractivity (Wildman–Crippen MR) is 91.4 cm³/mol. The Labute approximate surface area is 145 Å². The van der Waals surface area contributed by atoms with Crippen molar-refractivity contribution >= 4 is 11.9 Å². The van der Waals surface area contributed by atoms with Crippen molar-refractivity contribution in [3.63, 3.8) is 0 Å². The van der Waals surface area contributed by atoms with Crippen molar-refractivity contribution in [2.75, 3.05) is 0 Å². The second-order valence-electron chi connectivity index (χ2n) is 6.44. The van der Waals surface area contributed by atoms with Crippen LogP contribution >= 0.6 is 0 Å². The summed E-state index contributed by atoms with van der Waals surface area (Å²) in [6, 6.07) is 0. The van der Waals surface area contributed by atoms with E-state index in [2.05, 4.69) is 11.7 Å². The van der Waals surface area contributed by atoms with Crippen LogP contribution in [0.15, 0.2) is 0 Å². The minimum absolute atomic E-state index is 0.0765. The number of esters is 1. The van der Waals surface area contributed by atoms with E-state index in [-0.39, 0.29) is 6.42 Å². The van der Waals surface area contributed by atoms with Gasteiger partial charge < -0.3 is 20.1 Å². The van der Waals surface area contributed by atoms with Crippen molar-refractivity contribution in [1.82, 2.24) is 0 Å². The molecule has 0 radical (unpaired) electrons. The summed E-state index contributed by atoms with van der Waals surface area (Å²) in [4.78, 5) is 21.9. The zero-order chi connectivity index (χ0) is 18.4. The van der Waals surface area contributed by atoms with Gasteiger partial charge in [0.25, 0.3) is 0 Å². The molecule has 0 heterocycles. The minimum Gasteiger partial charge on any atom is -0.476 e. The van der Waals surface area contributed by atoms with Crippen LogP contribution in [0.25, 0.3) is 0 Å². The number of hydrogen-bond acceptors (Lipinski definition) is 5. The lowest BCUT2D eigenvalue weighted by Gasteiger charge is -2.27. The second-order valence-corrected chi connectivity index (χ2v) is 6.44. The van der Waals surface area contributed by atoms with Crippen LogP contribution in [0.5, 0.6) is 0 Å². The molecule has 0 aromatic heterocycles. The van der Waals surface area contributed by atoms with E-state index in [9.17, 15) is 19.8 Å². The molecule has 0 fully saturated rings. The SMILES string of the molecule is CCCCCCCCCCCCCC(O)C(O)(OC(C)=O)C(=O)O. The Morgan fingerprint density at radius 3 is 1.71 bits per heavy atom. The van der Waals surface area contributed by atoms with Gasteiger partial charge in [-0.05, 0) is 6.42 Å². The summed E-state index contributed by atoms with van der Waals surface area (Å²) in [6.45, 7) is 3.20. The first kappa shape index (κ1) is 22.9. The number of aliphatic hydroxyl groups excluding tert-OH is 1. The van der Waals surface area contributed by atoms with Crippen molar-refractivity contribution in [1.29, 1.82) is 0 Å². The fraction of sp³-hybridized carbons (Fsp3) is 0.889. The van der Waals surface area contributed by atoms with E-state index < -0.39 is 23.8 Å². The molecule has 6 heteroatoms. The summed E-state index contributed by atoms with van der Waals surface area (Å²) >= 11 is 0. The topological polar surface area (TPSA) is 104 Å². The van der Waals surface area contributed by atoms with Gasteiger partial charge in [0.05, 0.1) is 0 Å². The first-order chi connectivity index (χ1) is 11.3. The third-order valence-electron chi connectivity index (χ3n) is 4.14. The molecule has 0 aliphatic rings. The molecule has 0 spiro atoms. The molecule has 0 amide bonds. The molecule has 3 N–H and O–H groups in total. The maximum Gasteiger partial charge on any atom is 0.380 e. The number of rotatable bonds is 15. The van der Waals surface area contributed by atoms with E-state index in [1.165, 1.54) is 44.9 Å². The van der Waals surface area contributed by atoms with Gasteiger partial charge in [0.2, 0.25) is 0 Å². The second kappa shape index (κ2) is 13.2. The van der Waals surface area contributed by atoms with Gasteiger partial charge >= 0.3 is 17.7 Å². The normalized spacial score (nSPS) is 14.8. The zero-order valence-corrected chi connectivity index (χ0v) is 15.1. The van der Waals surface area contributed by atoms with Crippen LogP contribution in [0.3, 0.4) is 0 Å². The fourth-order valence-corrected chi connectivity index (χ4v) is 2.67. The molecule has 0 rings (SSSR count). The average Bonchev–Trinajstić information content (AvgIpc) is 2.51. The summed E-state index contributed by atoms with van der Waals surface area (Å²) < 4.78 is 4.38. The summed E-state index contributed by atoms with van der Waals surface area (Å²) in [5.41, 5.74) is 0. The maximum absolute atomic E-state index is 11.0. The Morgan fingerprint density at radius 2 is 1.33 bits per heavy atom. The largest absolute Gasteiger partial charge is 0.476 e. The Balaban J connectivity index is 3.75.